The average molecular weight is 796 g/mol. The van der Waals surface area contributed by atoms with Crippen LogP contribution < -0.4 is 25.8 Å². The summed E-state index contributed by atoms with van der Waals surface area (Å²) >= 11 is 0. The zero-order chi connectivity index (χ0) is 39.0. The van der Waals surface area contributed by atoms with Crippen molar-refractivity contribution in [2.45, 2.75) is 93.5 Å². The van der Waals surface area contributed by atoms with Crippen LogP contribution in [0.1, 0.15) is 68.2 Å². The Labute approximate surface area is 330 Å². The maximum Gasteiger partial charge on any atom is 0.302 e. The first-order valence-electron chi connectivity index (χ1n) is 18.9. The molecule has 1 saturated heterocycles. The summed E-state index contributed by atoms with van der Waals surface area (Å²) in [5.41, 5.74) is 8.48. The molecule has 1 aromatic heterocycles. The first kappa shape index (κ1) is 40.6. The van der Waals surface area contributed by atoms with Crippen LogP contribution in [0.3, 0.4) is 0 Å². The molecule has 6 rings (SSSR count). The summed E-state index contributed by atoms with van der Waals surface area (Å²) in [4.78, 5) is 20.7. The van der Waals surface area contributed by atoms with Gasteiger partial charge in [-0.05, 0) is 85.7 Å². The zero-order valence-corrected chi connectivity index (χ0v) is 33.2. The number of aromatic nitrogens is 1. The van der Waals surface area contributed by atoms with E-state index in [4.69, 9.17) is 24.7 Å². The largest absolute Gasteiger partial charge is 0.504 e. The van der Waals surface area contributed by atoms with Crippen LogP contribution in [0.25, 0.3) is 0 Å². The third-order valence-corrected chi connectivity index (χ3v) is 13.7. The van der Waals surface area contributed by atoms with Crippen molar-refractivity contribution >= 4 is 33.5 Å². The second-order valence-corrected chi connectivity index (χ2v) is 17.2. The highest BCUT2D eigenvalue weighted by molar-refractivity contribution is 8.77. The number of rotatable bonds is 10. The molecule has 298 valence electrons. The van der Waals surface area contributed by atoms with Gasteiger partial charge in [0.15, 0.2) is 29.0 Å². The third kappa shape index (κ3) is 10.4. The number of phenols is 3. The van der Waals surface area contributed by atoms with Gasteiger partial charge in [0.05, 0.1) is 29.6 Å². The standard InChI is InChI=1S/C40H53N5O8S2/c1-24(46)51-30-18-33(27-16-32(48)38(49)36(17-27)50-13-10-25-6-5-12-44-21-25)53-34(19-30)28-14-26-8-9-31(47)35(15-26)52-29-7-4-11-40(20-29,45-39(41)43-3)37(22-42-2)55-54-23-28/h5-6,8-9,12,15-17,21,28-30,33-34,37,42,47-49H,4,7,10-11,13-14,18-20,22-23H2,1-3H3,(H3,41,43,45)/t28-,29+,30-,33+,34-,37-,40+/m1/s1. The molecule has 1 saturated carbocycles. The third-order valence-electron chi connectivity index (χ3n) is 10.6. The van der Waals surface area contributed by atoms with Crippen LogP contribution in [0.2, 0.25) is 0 Å². The highest BCUT2D eigenvalue weighted by Crippen LogP contribution is 2.47. The van der Waals surface area contributed by atoms with E-state index in [9.17, 15) is 20.1 Å². The van der Waals surface area contributed by atoms with Gasteiger partial charge >= 0.3 is 5.97 Å². The molecule has 7 atom stereocenters. The predicted molar refractivity (Wildman–Crippen MR) is 215 cm³/mol. The smallest absolute Gasteiger partial charge is 0.302 e. The van der Waals surface area contributed by atoms with Crippen LogP contribution in [0.5, 0.6) is 28.7 Å². The number of nitrogens with two attached hydrogens (primary N) is 1. The van der Waals surface area contributed by atoms with Gasteiger partial charge in [-0.2, -0.15) is 0 Å². The monoisotopic (exact) mass is 795 g/mol. The number of hydrogen-bond donors (Lipinski definition) is 6. The topological polar surface area (TPSA) is 190 Å². The molecule has 3 heterocycles. The van der Waals surface area contributed by atoms with E-state index in [2.05, 4.69) is 20.6 Å². The Bertz CT molecular complexity index is 1790. The van der Waals surface area contributed by atoms with Crippen molar-refractivity contribution in [2.75, 3.05) is 33.0 Å². The molecule has 15 heteroatoms. The summed E-state index contributed by atoms with van der Waals surface area (Å²) in [6, 6.07) is 12.5. The molecule has 7 N–H and O–H groups in total. The number of aliphatic imine (C=N–C) groups is 1. The molecule has 4 bridgehead atoms. The van der Waals surface area contributed by atoms with Crippen LogP contribution in [0, 0.1) is 5.92 Å². The SMILES string of the molecule is CN=C(N)N[C@@]12CCC[C@@H](C1)Oc1cc(ccc1O)C[C@@H]([C@H]1C[C@H](OC(C)=O)C[C@@H](c3cc(O)c(O)c(OCCc4cccnc4)c3)O1)CSS[C@@H]2CNC. The fourth-order valence-corrected chi connectivity index (χ4v) is 11.4. The van der Waals surface area contributed by atoms with E-state index in [0.717, 1.165) is 30.4 Å². The Hall–Kier alpha value is -4.05. The van der Waals surface area contributed by atoms with Gasteiger partial charge in [0.1, 0.15) is 12.2 Å². The highest BCUT2D eigenvalue weighted by atomic mass is 33.1. The summed E-state index contributed by atoms with van der Waals surface area (Å²) in [5, 5.41) is 39.6. The van der Waals surface area contributed by atoms with Crippen LogP contribution in [-0.4, -0.2) is 94.3 Å². The van der Waals surface area contributed by atoms with Crippen molar-refractivity contribution in [1.29, 1.82) is 0 Å². The molecule has 2 aromatic carbocycles. The van der Waals surface area contributed by atoms with Crippen LogP contribution in [-0.2, 0) is 27.1 Å². The fraction of sp³-hybridized carbons (Fsp3) is 0.525. The number of aromatic hydroxyl groups is 3. The Morgan fingerprint density at radius 1 is 1.16 bits per heavy atom. The van der Waals surface area contributed by atoms with Crippen LogP contribution in [0.4, 0.5) is 0 Å². The number of phenolic OH excluding ortho intramolecular Hbond substituents is 3. The summed E-state index contributed by atoms with van der Waals surface area (Å²) in [6.07, 6.45) is 7.27. The summed E-state index contributed by atoms with van der Waals surface area (Å²) < 4.78 is 25.3. The number of ether oxygens (including phenoxy) is 4. The summed E-state index contributed by atoms with van der Waals surface area (Å²) in [5.74, 6) is 0.612. The van der Waals surface area contributed by atoms with Crippen LogP contribution >= 0.6 is 21.6 Å². The molecule has 0 radical (unpaired) electrons. The summed E-state index contributed by atoms with van der Waals surface area (Å²) in [7, 11) is 7.21. The second-order valence-electron chi connectivity index (χ2n) is 14.6. The van der Waals surface area contributed by atoms with E-state index in [1.807, 2.05) is 31.3 Å². The van der Waals surface area contributed by atoms with Gasteiger partial charge in [-0.1, -0.05) is 33.7 Å². The molecular weight excluding hydrogens is 743 g/mol. The molecule has 2 fully saturated rings. The lowest BCUT2D eigenvalue weighted by atomic mass is 9.77. The lowest BCUT2D eigenvalue weighted by molar-refractivity contribution is -0.163. The second kappa shape index (κ2) is 18.7. The molecule has 13 nitrogen and oxygen atoms in total. The van der Waals surface area contributed by atoms with Crippen molar-refractivity contribution in [3.05, 3.63) is 71.5 Å². The molecule has 0 amide bonds. The van der Waals surface area contributed by atoms with Crippen molar-refractivity contribution < 1.29 is 39.1 Å². The van der Waals surface area contributed by atoms with Crippen molar-refractivity contribution in [2.24, 2.45) is 16.6 Å². The maximum atomic E-state index is 12.3. The number of pyridine rings is 1. The van der Waals surface area contributed by atoms with Crippen LogP contribution in [0.15, 0.2) is 59.9 Å². The van der Waals surface area contributed by atoms with Gasteiger partial charge < -0.3 is 50.6 Å². The van der Waals surface area contributed by atoms with Gasteiger partial charge in [0.2, 0.25) is 5.75 Å². The van der Waals surface area contributed by atoms with E-state index < -0.39 is 17.7 Å². The summed E-state index contributed by atoms with van der Waals surface area (Å²) in [6.45, 7) is 2.37. The first-order valence-corrected chi connectivity index (χ1v) is 21.3. The minimum Gasteiger partial charge on any atom is -0.504 e. The molecule has 3 aliphatic rings. The number of fused-ring (bicyclic) bond motifs is 4. The van der Waals surface area contributed by atoms with E-state index in [1.165, 1.54) is 13.0 Å². The van der Waals surface area contributed by atoms with Gasteiger partial charge in [-0.25, -0.2) is 0 Å². The van der Waals surface area contributed by atoms with E-state index in [0.29, 0.717) is 61.7 Å². The predicted octanol–water partition coefficient (Wildman–Crippen LogP) is 5.41. The Morgan fingerprint density at radius 2 is 2.02 bits per heavy atom. The van der Waals surface area contributed by atoms with Crippen molar-refractivity contribution in [1.82, 2.24) is 15.6 Å². The van der Waals surface area contributed by atoms with Crippen molar-refractivity contribution in [3.8, 4) is 28.7 Å². The minimum absolute atomic E-state index is 0.0572. The van der Waals surface area contributed by atoms with Gasteiger partial charge in [0, 0.05) is 64.3 Å². The van der Waals surface area contributed by atoms with Crippen molar-refractivity contribution in [3.63, 3.8) is 0 Å². The normalized spacial score (nSPS) is 27.4. The Kier molecular flexibility index (Phi) is 13.8. The molecular formula is C40H53N5O8S2. The first-order chi connectivity index (χ1) is 26.6. The fourth-order valence-electron chi connectivity index (χ4n) is 7.93. The molecule has 2 aliphatic heterocycles. The van der Waals surface area contributed by atoms with E-state index in [1.54, 1.807) is 53.2 Å². The Balaban J connectivity index is 1.30. The lowest BCUT2D eigenvalue weighted by Crippen LogP contribution is -2.62. The molecule has 3 aromatic rings. The average Bonchev–Trinajstić information content (AvgIpc) is 3.17. The molecule has 55 heavy (non-hydrogen) atoms. The zero-order valence-electron chi connectivity index (χ0n) is 31.6. The van der Waals surface area contributed by atoms with E-state index >= 15 is 0 Å². The number of guanidine groups is 1. The quantitative estimate of drug-likeness (QED) is 0.0503. The lowest BCUT2D eigenvalue weighted by Gasteiger charge is -2.46. The Morgan fingerprint density at radius 3 is 2.78 bits per heavy atom. The molecule has 0 spiro atoms. The number of carbonyl (C=O) groups is 1. The van der Waals surface area contributed by atoms with Gasteiger partial charge in [-0.15, -0.1) is 0 Å². The van der Waals surface area contributed by atoms with Gasteiger partial charge in [0.25, 0.3) is 0 Å². The number of carbonyl (C=O) groups excluding carboxylic acids is 1. The van der Waals surface area contributed by atoms with E-state index in [-0.39, 0.29) is 59.0 Å². The molecule has 0 unspecified atom stereocenters. The number of nitrogens with zero attached hydrogens (tertiary/aromatic N) is 2. The maximum absolute atomic E-state index is 12.3. The number of esters is 1. The number of benzene rings is 2. The highest BCUT2D eigenvalue weighted by Gasteiger charge is 2.45. The number of hydrogen-bond acceptors (Lipinski definition) is 13. The number of nitrogens with one attached hydrogen (secondary N) is 2. The van der Waals surface area contributed by atoms with Gasteiger partial charge in [-0.3, -0.25) is 14.8 Å². The molecule has 1 aliphatic carbocycles. The minimum atomic E-state index is -0.573.